The van der Waals surface area contributed by atoms with Gasteiger partial charge in [0.05, 0.1) is 0 Å². The summed E-state index contributed by atoms with van der Waals surface area (Å²) in [6.45, 7) is 10.0. The van der Waals surface area contributed by atoms with Crippen LogP contribution < -0.4 is 10.2 Å². The lowest BCUT2D eigenvalue weighted by atomic mass is 10.1. The molecule has 0 spiro atoms. The Morgan fingerprint density at radius 3 is 2.76 bits per heavy atom. The second-order valence-corrected chi connectivity index (χ2v) is 4.96. The third-order valence-electron chi connectivity index (χ3n) is 2.96. The van der Waals surface area contributed by atoms with Crippen LogP contribution in [0.4, 0.5) is 5.69 Å². The Balaban J connectivity index is 3.17. The van der Waals surface area contributed by atoms with E-state index in [1.165, 1.54) is 11.3 Å². The van der Waals surface area contributed by atoms with Crippen LogP contribution in [0.25, 0.3) is 0 Å². The molecule has 3 heteroatoms. The third-order valence-corrected chi connectivity index (χ3v) is 3.46. The molecule has 0 fully saturated rings. The number of nitrogens with one attached hydrogen (secondary N) is 1. The standard InChI is InChI=1S/C14H21BrN2/c1-5-9-17(6-2)14-10-12(15)7-8-13(14)11(3)16-4/h5,7-8,10-11,16H,1,6,9H2,2-4H3. The van der Waals surface area contributed by atoms with Crippen molar-refractivity contribution in [3.8, 4) is 0 Å². The van der Waals surface area contributed by atoms with Gasteiger partial charge in [-0.15, -0.1) is 6.58 Å². The Hall–Kier alpha value is -0.800. The maximum Gasteiger partial charge on any atom is 0.0428 e. The first-order chi connectivity index (χ1) is 8.13. The Morgan fingerprint density at radius 2 is 2.24 bits per heavy atom. The van der Waals surface area contributed by atoms with Gasteiger partial charge in [0.25, 0.3) is 0 Å². The van der Waals surface area contributed by atoms with Gasteiger partial charge >= 0.3 is 0 Å². The van der Waals surface area contributed by atoms with Gasteiger partial charge in [-0.3, -0.25) is 0 Å². The molecule has 1 aromatic carbocycles. The van der Waals surface area contributed by atoms with Crippen molar-refractivity contribution in [3.05, 3.63) is 40.9 Å². The van der Waals surface area contributed by atoms with E-state index < -0.39 is 0 Å². The van der Waals surface area contributed by atoms with Crippen LogP contribution in [-0.4, -0.2) is 20.1 Å². The van der Waals surface area contributed by atoms with Gasteiger partial charge in [-0.25, -0.2) is 0 Å². The summed E-state index contributed by atoms with van der Waals surface area (Å²) in [5.74, 6) is 0. The van der Waals surface area contributed by atoms with E-state index in [0.717, 1.165) is 17.6 Å². The summed E-state index contributed by atoms with van der Waals surface area (Å²) in [5, 5.41) is 3.29. The number of nitrogens with zero attached hydrogens (tertiary/aromatic N) is 1. The molecule has 0 radical (unpaired) electrons. The number of rotatable bonds is 6. The number of likely N-dealkylation sites (N-methyl/N-ethyl adjacent to an activating group) is 1. The van der Waals surface area contributed by atoms with E-state index >= 15 is 0 Å². The summed E-state index contributed by atoms with van der Waals surface area (Å²) in [4.78, 5) is 2.32. The van der Waals surface area contributed by atoms with Crippen LogP contribution in [0.1, 0.15) is 25.5 Å². The predicted molar refractivity (Wildman–Crippen MR) is 79.7 cm³/mol. The van der Waals surface area contributed by atoms with Crippen LogP contribution in [0, 0.1) is 0 Å². The largest absolute Gasteiger partial charge is 0.368 e. The fraction of sp³-hybridized carbons (Fsp3) is 0.429. The third kappa shape index (κ3) is 3.58. The van der Waals surface area contributed by atoms with Gasteiger partial charge in [-0.2, -0.15) is 0 Å². The van der Waals surface area contributed by atoms with Crippen LogP contribution >= 0.6 is 15.9 Å². The van der Waals surface area contributed by atoms with E-state index in [9.17, 15) is 0 Å². The van der Waals surface area contributed by atoms with Crippen molar-refractivity contribution in [1.82, 2.24) is 5.32 Å². The summed E-state index contributed by atoms with van der Waals surface area (Å²) < 4.78 is 1.11. The van der Waals surface area contributed by atoms with E-state index in [0.29, 0.717) is 6.04 Å². The first kappa shape index (κ1) is 14.3. The van der Waals surface area contributed by atoms with Crippen molar-refractivity contribution in [2.45, 2.75) is 19.9 Å². The van der Waals surface area contributed by atoms with Gasteiger partial charge in [0.1, 0.15) is 0 Å². The molecule has 0 aliphatic heterocycles. The van der Waals surface area contributed by atoms with Crippen molar-refractivity contribution < 1.29 is 0 Å². The lowest BCUT2D eigenvalue weighted by Gasteiger charge is -2.27. The SMILES string of the molecule is C=CCN(CC)c1cc(Br)ccc1C(C)NC. The zero-order chi connectivity index (χ0) is 12.8. The summed E-state index contributed by atoms with van der Waals surface area (Å²) >= 11 is 3.54. The number of halogens is 1. The van der Waals surface area contributed by atoms with Crippen molar-refractivity contribution in [2.24, 2.45) is 0 Å². The number of anilines is 1. The zero-order valence-corrected chi connectivity index (χ0v) is 12.4. The van der Waals surface area contributed by atoms with Crippen molar-refractivity contribution >= 4 is 21.6 Å². The molecule has 1 unspecified atom stereocenters. The van der Waals surface area contributed by atoms with E-state index in [4.69, 9.17) is 0 Å². The van der Waals surface area contributed by atoms with Crippen LogP contribution in [0.15, 0.2) is 35.3 Å². The van der Waals surface area contributed by atoms with Crippen LogP contribution in [0.2, 0.25) is 0 Å². The van der Waals surface area contributed by atoms with E-state index in [2.05, 4.69) is 64.8 Å². The van der Waals surface area contributed by atoms with Crippen molar-refractivity contribution in [2.75, 3.05) is 25.0 Å². The second-order valence-electron chi connectivity index (χ2n) is 4.04. The molecule has 0 aliphatic carbocycles. The van der Waals surface area contributed by atoms with E-state index in [1.54, 1.807) is 0 Å². The molecule has 0 saturated heterocycles. The lowest BCUT2D eigenvalue weighted by Crippen LogP contribution is -2.25. The van der Waals surface area contributed by atoms with Gasteiger partial charge in [0, 0.05) is 29.3 Å². The molecule has 0 aromatic heterocycles. The van der Waals surface area contributed by atoms with Crippen LogP contribution in [-0.2, 0) is 0 Å². The molecule has 0 heterocycles. The highest BCUT2D eigenvalue weighted by atomic mass is 79.9. The zero-order valence-electron chi connectivity index (χ0n) is 10.8. The quantitative estimate of drug-likeness (QED) is 0.805. The molecule has 1 rings (SSSR count). The Labute approximate surface area is 113 Å². The topological polar surface area (TPSA) is 15.3 Å². The highest BCUT2D eigenvalue weighted by molar-refractivity contribution is 9.10. The molecule has 0 bridgehead atoms. The minimum absolute atomic E-state index is 0.344. The van der Waals surface area contributed by atoms with Gasteiger partial charge in [-0.1, -0.05) is 28.1 Å². The molecular weight excluding hydrogens is 276 g/mol. The molecular formula is C14H21BrN2. The Morgan fingerprint density at radius 1 is 1.53 bits per heavy atom. The molecule has 0 amide bonds. The van der Waals surface area contributed by atoms with Crippen molar-refractivity contribution in [3.63, 3.8) is 0 Å². The molecule has 2 nitrogen and oxygen atoms in total. The average Bonchev–Trinajstić information content (AvgIpc) is 2.35. The maximum absolute atomic E-state index is 3.82. The first-order valence-electron chi connectivity index (χ1n) is 5.96. The molecule has 17 heavy (non-hydrogen) atoms. The van der Waals surface area contributed by atoms with E-state index in [-0.39, 0.29) is 0 Å². The maximum atomic E-state index is 3.82. The smallest absolute Gasteiger partial charge is 0.0428 e. The molecule has 1 N–H and O–H groups in total. The minimum Gasteiger partial charge on any atom is -0.368 e. The van der Waals surface area contributed by atoms with Gasteiger partial charge in [-0.05, 0) is 38.6 Å². The van der Waals surface area contributed by atoms with E-state index in [1.807, 2.05) is 13.1 Å². The molecule has 1 atom stereocenters. The summed E-state index contributed by atoms with van der Waals surface area (Å²) in [5.41, 5.74) is 2.59. The number of hydrogen-bond acceptors (Lipinski definition) is 2. The average molecular weight is 297 g/mol. The van der Waals surface area contributed by atoms with Gasteiger partial charge in [0.15, 0.2) is 0 Å². The monoisotopic (exact) mass is 296 g/mol. The fourth-order valence-corrected chi connectivity index (χ4v) is 2.21. The highest BCUT2D eigenvalue weighted by Gasteiger charge is 2.13. The van der Waals surface area contributed by atoms with Crippen molar-refractivity contribution in [1.29, 1.82) is 0 Å². The summed E-state index contributed by atoms with van der Waals surface area (Å²) in [6, 6.07) is 6.79. The van der Waals surface area contributed by atoms with Crippen LogP contribution in [0.5, 0.6) is 0 Å². The van der Waals surface area contributed by atoms with Crippen LogP contribution in [0.3, 0.4) is 0 Å². The minimum atomic E-state index is 0.344. The molecule has 94 valence electrons. The highest BCUT2D eigenvalue weighted by Crippen LogP contribution is 2.29. The number of hydrogen-bond donors (Lipinski definition) is 1. The summed E-state index contributed by atoms with van der Waals surface area (Å²) in [6.07, 6.45) is 1.94. The lowest BCUT2D eigenvalue weighted by molar-refractivity contribution is 0.649. The molecule has 0 aliphatic rings. The normalized spacial score (nSPS) is 12.2. The second kappa shape index (κ2) is 6.82. The Bertz CT molecular complexity index is 376. The van der Waals surface area contributed by atoms with Gasteiger partial charge in [0.2, 0.25) is 0 Å². The first-order valence-corrected chi connectivity index (χ1v) is 6.75. The summed E-state index contributed by atoms with van der Waals surface area (Å²) in [7, 11) is 1.99. The number of benzene rings is 1. The Kier molecular flexibility index (Phi) is 5.72. The van der Waals surface area contributed by atoms with Gasteiger partial charge < -0.3 is 10.2 Å². The fourth-order valence-electron chi connectivity index (χ4n) is 1.87. The molecule has 1 aromatic rings. The predicted octanol–water partition coefficient (Wildman–Crippen LogP) is 3.74. The molecule has 0 saturated carbocycles.